The van der Waals surface area contributed by atoms with Gasteiger partial charge in [-0.05, 0) is 77.0 Å². The molecule has 0 fully saturated rings. The predicted octanol–water partition coefficient (Wildman–Crippen LogP) is 14.9. The molecule has 0 aromatic heterocycles. The number of esters is 1. The van der Waals surface area contributed by atoms with Gasteiger partial charge in [0.2, 0.25) is 5.91 Å². The number of allylic oxidation sites excluding steroid dienone is 6. The molecule has 0 aliphatic carbocycles. The van der Waals surface area contributed by atoms with Gasteiger partial charge in [0.25, 0.3) is 0 Å². The second kappa shape index (κ2) is 46.2. The van der Waals surface area contributed by atoms with Gasteiger partial charge in [-0.25, -0.2) is 0 Å². The van der Waals surface area contributed by atoms with Crippen LogP contribution in [0.3, 0.4) is 0 Å². The molecule has 0 saturated heterocycles. The molecule has 3 atom stereocenters. The second-order valence-electron chi connectivity index (χ2n) is 17.2. The van der Waals surface area contributed by atoms with Crippen LogP contribution in [0.25, 0.3) is 0 Å². The topological polar surface area (TPSA) is 95.9 Å². The van der Waals surface area contributed by atoms with Gasteiger partial charge >= 0.3 is 5.97 Å². The third kappa shape index (κ3) is 40.8. The van der Waals surface area contributed by atoms with Crippen molar-refractivity contribution in [3.05, 3.63) is 36.5 Å². The lowest BCUT2D eigenvalue weighted by molar-refractivity contribution is -0.151. The number of hydrogen-bond acceptors (Lipinski definition) is 5. The van der Waals surface area contributed by atoms with E-state index in [9.17, 15) is 19.8 Å². The molecule has 3 unspecified atom stereocenters. The molecule has 58 heavy (non-hydrogen) atoms. The van der Waals surface area contributed by atoms with E-state index in [1.165, 1.54) is 128 Å². The van der Waals surface area contributed by atoms with Crippen molar-refractivity contribution in [1.82, 2.24) is 5.32 Å². The fourth-order valence-electron chi connectivity index (χ4n) is 7.64. The summed E-state index contributed by atoms with van der Waals surface area (Å²) in [5, 5.41) is 23.7. The summed E-state index contributed by atoms with van der Waals surface area (Å²) in [6, 6.07) is -0.706. The number of amides is 1. The van der Waals surface area contributed by atoms with Crippen LogP contribution in [0.4, 0.5) is 0 Å². The van der Waals surface area contributed by atoms with Crippen LogP contribution in [-0.4, -0.2) is 46.9 Å². The number of nitrogens with one attached hydrogen (secondary N) is 1. The zero-order valence-corrected chi connectivity index (χ0v) is 38.7. The highest BCUT2D eigenvalue weighted by Crippen LogP contribution is 2.18. The van der Waals surface area contributed by atoms with Gasteiger partial charge in [0.05, 0.1) is 25.2 Å². The van der Waals surface area contributed by atoms with Crippen LogP contribution in [0, 0.1) is 0 Å². The molecule has 3 N–H and O–H groups in total. The Bertz CT molecular complexity index is 961. The fraction of sp³-hybridized carbons (Fsp3) is 0.846. The fourth-order valence-corrected chi connectivity index (χ4v) is 7.64. The Morgan fingerprint density at radius 2 is 0.931 bits per heavy atom. The highest BCUT2D eigenvalue weighted by molar-refractivity contribution is 5.77. The lowest BCUT2D eigenvalue weighted by atomic mass is 10.0. The van der Waals surface area contributed by atoms with Crippen LogP contribution in [0.1, 0.15) is 258 Å². The smallest absolute Gasteiger partial charge is 0.306 e. The summed E-state index contributed by atoms with van der Waals surface area (Å²) in [6.07, 6.45) is 53.5. The number of ether oxygens (including phenoxy) is 1. The zero-order valence-electron chi connectivity index (χ0n) is 38.7. The summed E-state index contributed by atoms with van der Waals surface area (Å²) in [7, 11) is 0. The van der Waals surface area contributed by atoms with E-state index in [-0.39, 0.29) is 24.9 Å². The molecule has 340 valence electrons. The Hall–Kier alpha value is -1.92. The molecule has 1 amide bonds. The van der Waals surface area contributed by atoms with Gasteiger partial charge in [-0.1, -0.05) is 205 Å². The molecular weight excluding hydrogens is 719 g/mol. The molecular formula is C52H97NO5. The normalized spacial score (nSPS) is 13.5. The largest absolute Gasteiger partial charge is 0.462 e. The van der Waals surface area contributed by atoms with Crippen molar-refractivity contribution in [3.63, 3.8) is 0 Å². The molecule has 0 aliphatic heterocycles. The SMILES string of the molecule is CC/C=C/C/C=C/CCCCCCCC(CC(=O)NC(CO)C(O)CCCCCCCCCCCCCCCC)OC(=O)CCCCC/C=C\CCCCCCCC. The molecule has 6 nitrogen and oxygen atoms in total. The second-order valence-corrected chi connectivity index (χ2v) is 17.2. The van der Waals surface area contributed by atoms with E-state index in [1.54, 1.807) is 0 Å². The molecule has 0 rings (SSSR count). The quantitative estimate of drug-likeness (QED) is 0.0323. The van der Waals surface area contributed by atoms with Gasteiger partial charge in [-0.3, -0.25) is 9.59 Å². The van der Waals surface area contributed by atoms with E-state index < -0.39 is 18.2 Å². The van der Waals surface area contributed by atoms with Crippen molar-refractivity contribution in [2.24, 2.45) is 0 Å². The van der Waals surface area contributed by atoms with Crippen LogP contribution >= 0.6 is 0 Å². The van der Waals surface area contributed by atoms with Crippen LogP contribution in [-0.2, 0) is 14.3 Å². The minimum Gasteiger partial charge on any atom is -0.462 e. The minimum atomic E-state index is -0.791. The summed E-state index contributed by atoms with van der Waals surface area (Å²) < 4.78 is 5.91. The highest BCUT2D eigenvalue weighted by atomic mass is 16.5. The van der Waals surface area contributed by atoms with Gasteiger partial charge < -0.3 is 20.3 Å². The number of aliphatic hydroxyl groups is 2. The van der Waals surface area contributed by atoms with E-state index in [0.717, 1.165) is 83.5 Å². The third-order valence-electron chi connectivity index (χ3n) is 11.5. The van der Waals surface area contributed by atoms with Crippen molar-refractivity contribution in [1.29, 1.82) is 0 Å². The van der Waals surface area contributed by atoms with Crippen molar-refractivity contribution in [2.75, 3.05) is 6.61 Å². The van der Waals surface area contributed by atoms with Crippen LogP contribution < -0.4 is 5.32 Å². The lowest BCUT2D eigenvalue weighted by Crippen LogP contribution is -2.46. The van der Waals surface area contributed by atoms with Gasteiger partial charge in [0, 0.05) is 6.42 Å². The van der Waals surface area contributed by atoms with E-state index in [2.05, 4.69) is 62.5 Å². The van der Waals surface area contributed by atoms with Crippen molar-refractivity contribution >= 4 is 11.9 Å². The number of aliphatic hydroxyl groups excluding tert-OH is 2. The molecule has 0 aliphatic rings. The summed E-state index contributed by atoms with van der Waals surface area (Å²) in [5.41, 5.74) is 0. The van der Waals surface area contributed by atoms with Gasteiger partial charge in [-0.15, -0.1) is 0 Å². The van der Waals surface area contributed by atoms with Crippen molar-refractivity contribution in [3.8, 4) is 0 Å². The predicted molar refractivity (Wildman–Crippen MR) is 250 cm³/mol. The maximum Gasteiger partial charge on any atom is 0.306 e. The molecule has 0 aromatic rings. The summed E-state index contributed by atoms with van der Waals surface area (Å²) in [4.78, 5) is 26.1. The first-order valence-electron chi connectivity index (χ1n) is 25.2. The lowest BCUT2D eigenvalue weighted by Gasteiger charge is -2.24. The third-order valence-corrected chi connectivity index (χ3v) is 11.5. The number of unbranched alkanes of at least 4 members (excludes halogenated alkanes) is 27. The maximum absolute atomic E-state index is 13.2. The van der Waals surface area contributed by atoms with Crippen LogP contribution in [0.5, 0.6) is 0 Å². The number of carbonyl (C=O) groups excluding carboxylic acids is 2. The number of carbonyl (C=O) groups is 2. The maximum atomic E-state index is 13.2. The first-order valence-corrected chi connectivity index (χ1v) is 25.2. The van der Waals surface area contributed by atoms with E-state index in [1.807, 2.05) is 0 Å². The Morgan fingerprint density at radius 3 is 1.41 bits per heavy atom. The summed E-state index contributed by atoms with van der Waals surface area (Å²) >= 11 is 0. The van der Waals surface area contributed by atoms with E-state index in [4.69, 9.17) is 4.74 Å². The average Bonchev–Trinajstić information content (AvgIpc) is 3.22. The zero-order chi connectivity index (χ0) is 42.4. The van der Waals surface area contributed by atoms with Gasteiger partial charge in [0.15, 0.2) is 0 Å². The van der Waals surface area contributed by atoms with E-state index in [0.29, 0.717) is 19.3 Å². The summed E-state index contributed by atoms with van der Waals surface area (Å²) in [6.45, 7) is 6.37. The first-order chi connectivity index (χ1) is 28.5. The van der Waals surface area contributed by atoms with Crippen LogP contribution in [0.15, 0.2) is 36.5 Å². The first kappa shape index (κ1) is 56.1. The number of hydrogen-bond donors (Lipinski definition) is 3. The highest BCUT2D eigenvalue weighted by Gasteiger charge is 2.24. The molecule has 0 radical (unpaired) electrons. The monoisotopic (exact) mass is 816 g/mol. The molecule has 0 spiro atoms. The standard InChI is InChI=1S/C52H97NO5/c1-4-7-10-13-16-19-22-25-27-29-32-35-38-41-44-50(55)49(47-54)53-51(56)46-48(43-40-37-34-31-28-24-21-18-15-12-9-6-3)58-52(57)45-42-39-36-33-30-26-23-20-17-14-11-8-5-2/h9,12,18,21,26,30,48-50,54-55H,4-8,10-11,13-17,19-20,22-25,27-29,31-47H2,1-3H3,(H,53,56)/b12-9+,21-18+,30-26-. The molecule has 0 bridgehead atoms. The molecule has 0 aromatic carbocycles. The van der Waals surface area contributed by atoms with Gasteiger partial charge in [0.1, 0.15) is 6.10 Å². The molecule has 0 heterocycles. The summed E-state index contributed by atoms with van der Waals surface area (Å²) in [5.74, 6) is -0.501. The Balaban J connectivity index is 4.57. The minimum absolute atomic E-state index is 0.0640. The Labute approximate surface area is 360 Å². The average molecular weight is 816 g/mol. The van der Waals surface area contributed by atoms with Crippen molar-refractivity contribution in [2.45, 2.75) is 277 Å². The Kier molecular flexibility index (Phi) is 44.6. The number of rotatable bonds is 45. The Morgan fingerprint density at radius 1 is 0.517 bits per heavy atom. The van der Waals surface area contributed by atoms with Gasteiger partial charge in [-0.2, -0.15) is 0 Å². The molecule has 6 heteroatoms. The van der Waals surface area contributed by atoms with Crippen LogP contribution in [0.2, 0.25) is 0 Å². The van der Waals surface area contributed by atoms with E-state index >= 15 is 0 Å². The molecule has 0 saturated carbocycles. The van der Waals surface area contributed by atoms with Crippen molar-refractivity contribution < 1.29 is 24.5 Å².